The zero-order valence-corrected chi connectivity index (χ0v) is 13.1. The van der Waals surface area contributed by atoms with Crippen molar-refractivity contribution in [3.8, 4) is 11.3 Å². The molecule has 4 aromatic rings. The predicted octanol–water partition coefficient (Wildman–Crippen LogP) is 4.98. The van der Waals surface area contributed by atoms with E-state index in [0.717, 1.165) is 33.2 Å². The van der Waals surface area contributed by atoms with E-state index in [4.69, 9.17) is 0 Å². The fraction of sp³-hybridized carbons (Fsp3) is 0.0455. The van der Waals surface area contributed by atoms with Gasteiger partial charge in [-0.15, -0.1) is 0 Å². The summed E-state index contributed by atoms with van der Waals surface area (Å²) < 4.78 is 0. The van der Waals surface area contributed by atoms with Crippen LogP contribution in [0.4, 0.5) is 0 Å². The van der Waals surface area contributed by atoms with Crippen LogP contribution in [0.5, 0.6) is 0 Å². The van der Waals surface area contributed by atoms with Crippen molar-refractivity contribution in [1.29, 1.82) is 0 Å². The van der Waals surface area contributed by atoms with Gasteiger partial charge in [-0.2, -0.15) is 0 Å². The van der Waals surface area contributed by atoms with Gasteiger partial charge >= 0.3 is 0 Å². The van der Waals surface area contributed by atoms with E-state index in [0.29, 0.717) is 0 Å². The molecule has 2 heteroatoms. The van der Waals surface area contributed by atoms with Crippen LogP contribution in [0.15, 0.2) is 91.1 Å². The fourth-order valence-electron chi connectivity index (χ4n) is 3.15. The summed E-state index contributed by atoms with van der Waals surface area (Å²) in [4.78, 5) is 4.44. The molecule has 1 unspecified atom stereocenters. The van der Waals surface area contributed by atoms with Crippen LogP contribution in [-0.2, 0) is 0 Å². The first-order chi connectivity index (χ1) is 11.8. The average Bonchev–Trinajstić information content (AvgIpc) is 2.68. The van der Waals surface area contributed by atoms with Crippen LogP contribution in [0.3, 0.4) is 0 Å². The molecular formula is C22H17NO. The number of hydrogen-bond donors (Lipinski definition) is 1. The van der Waals surface area contributed by atoms with Gasteiger partial charge < -0.3 is 5.11 Å². The number of hydrogen-bond acceptors (Lipinski definition) is 2. The van der Waals surface area contributed by atoms with Crippen molar-refractivity contribution in [1.82, 2.24) is 4.98 Å². The van der Waals surface area contributed by atoms with Gasteiger partial charge in [0.25, 0.3) is 0 Å². The summed E-state index contributed by atoms with van der Waals surface area (Å²) in [5.74, 6) is 0. The molecule has 0 fully saturated rings. The Labute approximate surface area is 141 Å². The van der Waals surface area contributed by atoms with Crippen molar-refractivity contribution < 1.29 is 5.11 Å². The molecule has 0 aliphatic rings. The predicted molar refractivity (Wildman–Crippen MR) is 97.7 cm³/mol. The Morgan fingerprint density at radius 3 is 2.25 bits per heavy atom. The normalized spacial score (nSPS) is 12.2. The summed E-state index contributed by atoms with van der Waals surface area (Å²) in [5.41, 5.74) is 3.61. The second kappa shape index (κ2) is 6.26. The number of fused-ring (bicyclic) bond motifs is 1. The number of pyridine rings is 1. The molecule has 3 aromatic carbocycles. The third-order valence-electron chi connectivity index (χ3n) is 4.31. The first kappa shape index (κ1) is 14.6. The summed E-state index contributed by atoms with van der Waals surface area (Å²) in [6, 6.07) is 27.9. The SMILES string of the molecule is OC(c1ccccc1-c1ccccn1)c1cccc2ccccc12. The van der Waals surface area contributed by atoms with E-state index in [1.807, 2.05) is 66.7 Å². The Morgan fingerprint density at radius 2 is 1.38 bits per heavy atom. The number of aliphatic hydroxyl groups is 1. The van der Waals surface area contributed by atoms with Gasteiger partial charge in [0.1, 0.15) is 6.10 Å². The number of nitrogens with zero attached hydrogens (tertiary/aromatic N) is 1. The third-order valence-corrected chi connectivity index (χ3v) is 4.31. The first-order valence-corrected chi connectivity index (χ1v) is 8.00. The number of aromatic nitrogens is 1. The zero-order valence-electron chi connectivity index (χ0n) is 13.1. The Kier molecular flexibility index (Phi) is 3.81. The van der Waals surface area contributed by atoms with Crippen LogP contribution >= 0.6 is 0 Å². The van der Waals surface area contributed by atoms with Gasteiger partial charge in [-0.05, 0) is 34.0 Å². The second-order valence-corrected chi connectivity index (χ2v) is 5.77. The molecular weight excluding hydrogens is 294 g/mol. The van der Waals surface area contributed by atoms with Gasteiger partial charge in [0.2, 0.25) is 0 Å². The monoisotopic (exact) mass is 311 g/mol. The van der Waals surface area contributed by atoms with Gasteiger partial charge in [0.15, 0.2) is 0 Å². The standard InChI is InChI=1S/C22H17NO/c24-22(19-13-7-9-16-8-1-2-10-17(16)19)20-12-4-3-11-18(20)21-14-5-6-15-23-21/h1-15,22,24H. The summed E-state index contributed by atoms with van der Waals surface area (Å²) >= 11 is 0. The lowest BCUT2D eigenvalue weighted by atomic mass is 9.92. The van der Waals surface area contributed by atoms with Crippen molar-refractivity contribution in [2.45, 2.75) is 6.10 Å². The highest BCUT2D eigenvalue weighted by molar-refractivity contribution is 5.86. The van der Waals surface area contributed by atoms with Crippen molar-refractivity contribution >= 4 is 10.8 Å². The van der Waals surface area contributed by atoms with Crippen LogP contribution in [0, 0.1) is 0 Å². The minimum atomic E-state index is -0.700. The maximum absolute atomic E-state index is 11.1. The smallest absolute Gasteiger partial charge is 0.105 e. The molecule has 24 heavy (non-hydrogen) atoms. The number of rotatable bonds is 3. The van der Waals surface area contributed by atoms with Crippen molar-refractivity contribution in [2.24, 2.45) is 0 Å². The molecule has 2 nitrogen and oxygen atoms in total. The van der Waals surface area contributed by atoms with E-state index >= 15 is 0 Å². The quantitative estimate of drug-likeness (QED) is 0.578. The van der Waals surface area contributed by atoms with Crippen LogP contribution in [-0.4, -0.2) is 10.1 Å². The van der Waals surface area contributed by atoms with Gasteiger partial charge in [-0.1, -0.05) is 72.8 Å². The number of benzene rings is 3. The molecule has 1 atom stereocenters. The maximum Gasteiger partial charge on any atom is 0.105 e. The Balaban J connectivity index is 1.88. The van der Waals surface area contributed by atoms with E-state index in [2.05, 4.69) is 23.2 Å². The zero-order chi connectivity index (χ0) is 16.4. The average molecular weight is 311 g/mol. The highest BCUT2D eigenvalue weighted by atomic mass is 16.3. The molecule has 0 spiro atoms. The molecule has 0 amide bonds. The molecule has 0 bridgehead atoms. The molecule has 0 radical (unpaired) electrons. The van der Waals surface area contributed by atoms with E-state index in [-0.39, 0.29) is 0 Å². The summed E-state index contributed by atoms with van der Waals surface area (Å²) in [5, 5.41) is 13.3. The van der Waals surface area contributed by atoms with Crippen LogP contribution in [0.25, 0.3) is 22.0 Å². The highest BCUT2D eigenvalue weighted by Gasteiger charge is 2.17. The maximum atomic E-state index is 11.1. The van der Waals surface area contributed by atoms with Crippen molar-refractivity contribution in [3.63, 3.8) is 0 Å². The largest absolute Gasteiger partial charge is 0.384 e. The topological polar surface area (TPSA) is 33.1 Å². The lowest BCUT2D eigenvalue weighted by Crippen LogP contribution is -2.03. The number of aliphatic hydroxyl groups excluding tert-OH is 1. The van der Waals surface area contributed by atoms with Gasteiger partial charge in [0.05, 0.1) is 5.69 Å². The van der Waals surface area contributed by atoms with E-state index in [1.54, 1.807) is 6.20 Å². The molecule has 1 heterocycles. The molecule has 0 saturated carbocycles. The molecule has 0 saturated heterocycles. The van der Waals surface area contributed by atoms with Gasteiger partial charge in [-0.25, -0.2) is 0 Å². The molecule has 0 aliphatic heterocycles. The molecule has 116 valence electrons. The van der Waals surface area contributed by atoms with E-state index in [9.17, 15) is 5.11 Å². The first-order valence-electron chi connectivity index (χ1n) is 8.00. The molecule has 1 aromatic heterocycles. The lowest BCUT2D eigenvalue weighted by Gasteiger charge is -2.17. The summed E-state index contributed by atoms with van der Waals surface area (Å²) in [7, 11) is 0. The highest BCUT2D eigenvalue weighted by Crippen LogP contribution is 2.33. The Morgan fingerprint density at radius 1 is 0.667 bits per heavy atom. The molecule has 0 aliphatic carbocycles. The van der Waals surface area contributed by atoms with E-state index in [1.165, 1.54) is 0 Å². The second-order valence-electron chi connectivity index (χ2n) is 5.77. The summed E-state index contributed by atoms with van der Waals surface area (Å²) in [6.45, 7) is 0. The Hall–Kier alpha value is -2.97. The van der Waals surface area contributed by atoms with Gasteiger partial charge in [0, 0.05) is 11.8 Å². The summed E-state index contributed by atoms with van der Waals surface area (Å²) in [6.07, 6.45) is 1.07. The minimum Gasteiger partial charge on any atom is -0.384 e. The van der Waals surface area contributed by atoms with Crippen LogP contribution < -0.4 is 0 Å². The van der Waals surface area contributed by atoms with Crippen molar-refractivity contribution in [3.05, 3.63) is 102 Å². The van der Waals surface area contributed by atoms with Crippen LogP contribution in [0.2, 0.25) is 0 Å². The molecule has 1 N–H and O–H groups in total. The minimum absolute atomic E-state index is 0.700. The van der Waals surface area contributed by atoms with Gasteiger partial charge in [-0.3, -0.25) is 4.98 Å². The van der Waals surface area contributed by atoms with Crippen molar-refractivity contribution in [2.75, 3.05) is 0 Å². The lowest BCUT2D eigenvalue weighted by molar-refractivity contribution is 0.222. The van der Waals surface area contributed by atoms with Crippen LogP contribution in [0.1, 0.15) is 17.2 Å². The molecule has 4 rings (SSSR count). The van der Waals surface area contributed by atoms with E-state index < -0.39 is 6.10 Å². The third kappa shape index (κ3) is 2.57. The fourth-order valence-corrected chi connectivity index (χ4v) is 3.15. The Bertz CT molecular complexity index is 974.